The number of pyridine rings is 1. The largest absolute Gasteiger partial charge is 0.444 e. The van der Waals surface area contributed by atoms with Crippen LogP contribution in [0.3, 0.4) is 0 Å². The third-order valence-electron chi connectivity index (χ3n) is 8.61. The highest BCUT2D eigenvalue weighted by atomic mass is 32.1. The Morgan fingerprint density at radius 1 is 1.11 bits per heavy atom. The molecule has 0 saturated heterocycles. The summed E-state index contributed by atoms with van der Waals surface area (Å²) in [6.07, 6.45) is 7.02. The first-order valence-corrected chi connectivity index (χ1v) is 19.6. The van der Waals surface area contributed by atoms with Gasteiger partial charge in [-0.15, -0.1) is 11.3 Å². The SMILES string of the molecule is CCOC1CCC(n2cc(NC(=O)c3csc(C(C=NCOC(=O)CCCNC(=O)[C@@H](NC(=O)OC(C)(C)C)C(C)C)=CN)n3)c(-c3nc(F)ccc3F)n2)CC1. The Kier molecular flexibility index (Phi) is 16.2. The summed E-state index contributed by atoms with van der Waals surface area (Å²) in [5.41, 5.74) is 5.23. The molecule has 3 amide bonds. The zero-order valence-corrected chi connectivity index (χ0v) is 33.8. The molecule has 3 aromatic heterocycles. The lowest BCUT2D eigenvalue weighted by molar-refractivity contribution is -0.143. The first-order chi connectivity index (χ1) is 27.1. The van der Waals surface area contributed by atoms with Crippen LogP contribution in [-0.4, -0.2) is 87.5 Å². The lowest BCUT2D eigenvalue weighted by Crippen LogP contribution is -2.51. The summed E-state index contributed by atoms with van der Waals surface area (Å²) in [4.78, 5) is 62.6. The predicted molar refractivity (Wildman–Crippen MR) is 210 cm³/mol. The van der Waals surface area contributed by atoms with Gasteiger partial charge in [0.1, 0.15) is 33.7 Å². The quantitative estimate of drug-likeness (QED) is 0.0556. The van der Waals surface area contributed by atoms with Crippen LogP contribution >= 0.6 is 11.3 Å². The number of hydrogen-bond donors (Lipinski definition) is 4. The van der Waals surface area contributed by atoms with Crippen LogP contribution in [0.25, 0.3) is 17.0 Å². The van der Waals surface area contributed by atoms with Gasteiger partial charge in [0.15, 0.2) is 12.5 Å². The van der Waals surface area contributed by atoms with Gasteiger partial charge in [0.25, 0.3) is 5.91 Å². The number of carbonyl (C=O) groups excluding carboxylic acids is 4. The zero-order valence-electron chi connectivity index (χ0n) is 33.0. The fourth-order valence-electron chi connectivity index (χ4n) is 5.85. The molecule has 1 atom stereocenters. The van der Waals surface area contributed by atoms with E-state index in [9.17, 15) is 28.0 Å². The van der Waals surface area contributed by atoms with E-state index in [0.717, 1.165) is 49.2 Å². The van der Waals surface area contributed by atoms with E-state index in [1.807, 2.05) is 6.92 Å². The summed E-state index contributed by atoms with van der Waals surface area (Å²) in [5, 5.41) is 14.4. The Hall–Kier alpha value is -5.30. The van der Waals surface area contributed by atoms with Gasteiger partial charge in [-0.1, -0.05) is 13.8 Å². The maximum Gasteiger partial charge on any atom is 0.408 e. The Labute approximate surface area is 334 Å². The van der Waals surface area contributed by atoms with E-state index in [1.54, 1.807) is 45.5 Å². The number of anilines is 1. The fraction of sp³-hybridized carbons (Fsp3) is 0.526. The normalized spacial score (nSPS) is 16.7. The molecule has 0 bridgehead atoms. The van der Waals surface area contributed by atoms with Crippen molar-refractivity contribution in [3.05, 3.63) is 52.4 Å². The van der Waals surface area contributed by atoms with Crippen LogP contribution in [0.2, 0.25) is 0 Å². The summed E-state index contributed by atoms with van der Waals surface area (Å²) < 4.78 is 46.8. The van der Waals surface area contributed by atoms with Crippen molar-refractivity contribution in [1.82, 2.24) is 30.4 Å². The average Bonchev–Trinajstić information content (AvgIpc) is 3.81. The number of amides is 3. The van der Waals surface area contributed by atoms with E-state index < -0.39 is 47.3 Å². The van der Waals surface area contributed by atoms with Crippen molar-refractivity contribution in [3.63, 3.8) is 0 Å². The number of hydrogen-bond acceptors (Lipinski definition) is 13. The van der Waals surface area contributed by atoms with Gasteiger partial charge >= 0.3 is 12.1 Å². The Balaban J connectivity index is 1.30. The highest BCUT2D eigenvalue weighted by molar-refractivity contribution is 7.11. The molecule has 3 aromatic rings. The first kappa shape index (κ1) is 44.4. The maximum absolute atomic E-state index is 14.9. The number of allylic oxidation sites excluding steroid dienone is 1. The molecule has 310 valence electrons. The van der Waals surface area contributed by atoms with Crippen LogP contribution in [0, 0.1) is 17.7 Å². The van der Waals surface area contributed by atoms with Crippen LogP contribution in [0.15, 0.2) is 34.9 Å². The number of nitrogens with one attached hydrogen (secondary N) is 3. The topological polar surface area (TPSA) is 214 Å². The van der Waals surface area contributed by atoms with Crippen LogP contribution < -0.4 is 21.7 Å². The minimum Gasteiger partial charge on any atom is -0.444 e. The van der Waals surface area contributed by atoms with Gasteiger partial charge in [0.2, 0.25) is 11.9 Å². The van der Waals surface area contributed by atoms with Gasteiger partial charge in [0.05, 0.1) is 17.8 Å². The standard InChI is InChI=1S/C38H51F2N9O7S/c1-7-54-25-12-10-24(11-13-25)49-19-27(33(48-49)32-26(39)14-15-29(40)46-32)44-34(51)28-20-57-36(45-28)23(17-41)18-42-21-55-30(50)9-8-16-43-35(52)31(22(2)3)47-37(53)56-38(4,5)6/h14-15,17-20,22,24-25,31H,7-13,16,21,41H2,1-6H3,(H,43,52)(H,44,51)(H,47,53)/t24?,25?,31-/m0/s1. The maximum atomic E-state index is 14.9. The van der Waals surface area contributed by atoms with Crippen LogP contribution in [0.1, 0.15) is 102 Å². The number of thiazole rings is 1. The smallest absolute Gasteiger partial charge is 0.408 e. The number of ether oxygens (including phenoxy) is 3. The highest BCUT2D eigenvalue weighted by Crippen LogP contribution is 2.34. The van der Waals surface area contributed by atoms with Gasteiger partial charge in [0, 0.05) is 49.1 Å². The van der Waals surface area contributed by atoms with Gasteiger partial charge in [-0.25, -0.2) is 19.2 Å². The predicted octanol–water partition coefficient (Wildman–Crippen LogP) is 5.77. The summed E-state index contributed by atoms with van der Waals surface area (Å²) in [7, 11) is 0. The number of nitrogens with two attached hydrogens (primary N) is 1. The van der Waals surface area contributed by atoms with E-state index >= 15 is 0 Å². The summed E-state index contributed by atoms with van der Waals surface area (Å²) >= 11 is 1.11. The second-order valence-corrected chi connectivity index (χ2v) is 15.4. The monoisotopic (exact) mass is 815 g/mol. The molecule has 0 unspecified atom stereocenters. The molecule has 16 nitrogen and oxygen atoms in total. The number of esters is 1. The molecule has 0 aromatic carbocycles. The van der Waals surface area contributed by atoms with Gasteiger partial charge in [-0.2, -0.15) is 9.49 Å². The second kappa shape index (κ2) is 20.7. The molecule has 19 heteroatoms. The third-order valence-corrected chi connectivity index (χ3v) is 9.50. The van der Waals surface area contributed by atoms with Gasteiger partial charge in [-0.3, -0.25) is 24.1 Å². The summed E-state index contributed by atoms with van der Waals surface area (Å²) in [6, 6.07) is 0.992. The fourth-order valence-corrected chi connectivity index (χ4v) is 6.64. The molecule has 4 rings (SSSR count). The minimum atomic E-state index is -0.898. The number of alkyl carbamates (subject to hydrolysis) is 1. The zero-order chi connectivity index (χ0) is 41.7. The molecule has 1 saturated carbocycles. The van der Waals surface area contributed by atoms with E-state index in [2.05, 4.69) is 36.0 Å². The lowest BCUT2D eigenvalue weighted by atomic mass is 9.93. The molecule has 1 aliphatic rings. The number of aromatic nitrogens is 4. The van der Waals surface area contributed by atoms with Crippen molar-refractivity contribution in [2.75, 3.05) is 25.2 Å². The molecule has 57 heavy (non-hydrogen) atoms. The molecular formula is C38H51F2N9O7S. The van der Waals surface area contributed by atoms with Crippen molar-refractivity contribution < 1.29 is 42.2 Å². The Morgan fingerprint density at radius 2 is 1.84 bits per heavy atom. The molecule has 3 heterocycles. The molecule has 5 N–H and O–H groups in total. The summed E-state index contributed by atoms with van der Waals surface area (Å²) in [6.45, 7) is 11.2. The number of halogens is 2. The number of nitrogens with zero attached hydrogens (tertiary/aromatic N) is 5. The van der Waals surface area contributed by atoms with Crippen molar-refractivity contribution in [2.45, 2.75) is 104 Å². The highest BCUT2D eigenvalue weighted by Gasteiger charge is 2.28. The van der Waals surface area contributed by atoms with E-state index in [0.29, 0.717) is 17.2 Å². The van der Waals surface area contributed by atoms with Gasteiger partial charge < -0.3 is 35.9 Å². The third kappa shape index (κ3) is 13.4. The molecule has 1 fully saturated rings. The van der Waals surface area contributed by atoms with E-state index in [4.69, 9.17) is 19.9 Å². The summed E-state index contributed by atoms with van der Waals surface area (Å²) in [5.74, 6) is -3.48. The van der Waals surface area contributed by atoms with Crippen LogP contribution in [-0.2, 0) is 23.8 Å². The van der Waals surface area contributed by atoms with E-state index in [1.165, 1.54) is 17.8 Å². The lowest BCUT2D eigenvalue weighted by Gasteiger charge is -2.28. The average molecular weight is 816 g/mol. The minimum absolute atomic E-state index is 0.00372. The molecular weight excluding hydrogens is 765 g/mol. The molecule has 1 aliphatic carbocycles. The molecule has 0 spiro atoms. The van der Waals surface area contributed by atoms with Crippen molar-refractivity contribution in [3.8, 4) is 11.4 Å². The van der Waals surface area contributed by atoms with Gasteiger partial charge in [-0.05, 0) is 77.8 Å². The number of rotatable bonds is 17. The number of aliphatic imine (C=N–C) groups is 1. The first-order valence-electron chi connectivity index (χ1n) is 18.7. The Bertz CT molecular complexity index is 1920. The number of carbonyl (C=O) groups is 4. The molecule has 0 aliphatic heterocycles. The van der Waals surface area contributed by atoms with Crippen LogP contribution in [0.5, 0.6) is 0 Å². The van der Waals surface area contributed by atoms with Crippen molar-refractivity contribution in [2.24, 2.45) is 16.6 Å². The Morgan fingerprint density at radius 3 is 2.51 bits per heavy atom. The van der Waals surface area contributed by atoms with E-state index in [-0.39, 0.29) is 67.0 Å². The second-order valence-electron chi connectivity index (χ2n) is 14.6. The van der Waals surface area contributed by atoms with Crippen molar-refractivity contribution in [1.29, 1.82) is 0 Å². The van der Waals surface area contributed by atoms with Crippen LogP contribution in [0.4, 0.5) is 19.3 Å². The molecule has 0 radical (unpaired) electrons. The van der Waals surface area contributed by atoms with Crippen molar-refractivity contribution >= 4 is 52.7 Å².